The molecule has 0 aromatic heterocycles. The van der Waals surface area contributed by atoms with Crippen LogP contribution in [0.3, 0.4) is 0 Å². The lowest BCUT2D eigenvalue weighted by Gasteiger charge is -2.22. The molecule has 5 heteroatoms. The number of rotatable bonds is 9. The Hall–Kier alpha value is -1.75. The number of hydrogen-bond donors (Lipinski definition) is 1. The van der Waals surface area contributed by atoms with E-state index in [1.165, 1.54) is 12.8 Å². The zero-order valence-electron chi connectivity index (χ0n) is 14.5. The molecule has 1 aromatic rings. The lowest BCUT2D eigenvalue weighted by atomic mass is 10.2. The monoisotopic (exact) mass is 319 g/mol. The number of hydrogen-bond acceptors (Lipinski definition) is 3. The maximum absolute atomic E-state index is 5.78. The van der Waals surface area contributed by atoms with Gasteiger partial charge in [0.15, 0.2) is 5.96 Å². The van der Waals surface area contributed by atoms with Gasteiger partial charge in [-0.3, -0.25) is 4.99 Å². The largest absolute Gasteiger partial charge is 0.491 e. The first-order chi connectivity index (χ1) is 11.2. The van der Waals surface area contributed by atoms with Crippen molar-refractivity contribution >= 4 is 5.96 Å². The lowest BCUT2D eigenvalue weighted by Crippen LogP contribution is -2.42. The zero-order chi connectivity index (χ0) is 16.5. The molecule has 0 radical (unpaired) electrons. The Kier molecular flexibility index (Phi) is 7.20. The van der Waals surface area contributed by atoms with E-state index in [0.717, 1.165) is 42.9 Å². The van der Waals surface area contributed by atoms with E-state index < -0.39 is 0 Å². The van der Waals surface area contributed by atoms with Crippen molar-refractivity contribution in [2.24, 2.45) is 10.9 Å². The van der Waals surface area contributed by atoms with Gasteiger partial charge in [0.25, 0.3) is 0 Å². The third-order valence-corrected chi connectivity index (χ3v) is 3.93. The van der Waals surface area contributed by atoms with Crippen LogP contribution in [0.5, 0.6) is 5.75 Å². The minimum absolute atomic E-state index is 0.607. The van der Waals surface area contributed by atoms with Crippen LogP contribution >= 0.6 is 0 Å². The highest BCUT2D eigenvalue weighted by molar-refractivity contribution is 5.79. The van der Waals surface area contributed by atoms with Crippen molar-refractivity contribution in [3.63, 3.8) is 0 Å². The zero-order valence-corrected chi connectivity index (χ0v) is 14.5. The van der Waals surface area contributed by atoms with Gasteiger partial charge < -0.3 is 19.7 Å². The third-order valence-electron chi connectivity index (χ3n) is 3.93. The molecular weight excluding hydrogens is 290 g/mol. The standard InChI is InChI=1S/C18H29N3O2/c1-15-6-4-5-7-17(15)23-12-10-20-18(19-2)21(3)11-13-22-14-16-8-9-16/h4-7,16H,8-14H2,1-3H3,(H,19,20). The second-order valence-corrected chi connectivity index (χ2v) is 6.03. The Morgan fingerprint density at radius 3 is 2.78 bits per heavy atom. The molecule has 1 aliphatic rings. The van der Waals surface area contributed by atoms with Crippen molar-refractivity contribution < 1.29 is 9.47 Å². The van der Waals surface area contributed by atoms with Gasteiger partial charge >= 0.3 is 0 Å². The number of nitrogens with zero attached hydrogens (tertiary/aromatic N) is 2. The highest BCUT2D eigenvalue weighted by Crippen LogP contribution is 2.28. The summed E-state index contributed by atoms with van der Waals surface area (Å²) in [5.74, 6) is 2.62. The Morgan fingerprint density at radius 1 is 1.30 bits per heavy atom. The third kappa shape index (κ3) is 6.48. The fourth-order valence-electron chi connectivity index (χ4n) is 2.27. The average molecular weight is 319 g/mol. The molecule has 1 aromatic carbocycles. The van der Waals surface area contributed by atoms with Gasteiger partial charge in [0.1, 0.15) is 12.4 Å². The second-order valence-electron chi connectivity index (χ2n) is 6.03. The molecule has 0 amide bonds. The van der Waals surface area contributed by atoms with E-state index in [1.807, 2.05) is 25.2 Å². The van der Waals surface area contributed by atoms with Crippen LogP contribution in [0.4, 0.5) is 0 Å². The fraction of sp³-hybridized carbons (Fsp3) is 0.611. The number of nitrogens with one attached hydrogen (secondary N) is 1. The van der Waals surface area contributed by atoms with Crippen molar-refractivity contribution in [2.45, 2.75) is 19.8 Å². The first-order valence-electron chi connectivity index (χ1n) is 8.38. The summed E-state index contributed by atoms with van der Waals surface area (Å²) in [6, 6.07) is 8.05. The normalized spacial score (nSPS) is 14.7. The quantitative estimate of drug-likeness (QED) is 0.431. The molecule has 128 valence electrons. The summed E-state index contributed by atoms with van der Waals surface area (Å²) >= 11 is 0. The SMILES string of the molecule is CN=C(NCCOc1ccccc1C)N(C)CCOCC1CC1. The molecular formula is C18H29N3O2. The number of ether oxygens (including phenoxy) is 2. The van der Waals surface area contributed by atoms with Crippen LogP contribution in [0, 0.1) is 12.8 Å². The summed E-state index contributed by atoms with van der Waals surface area (Å²) in [6.07, 6.45) is 2.67. The van der Waals surface area contributed by atoms with E-state index in [2.05, 4.69) is 28.2 Å². The number of para-hydroxylation sites is 1. The van der Waals surface area contributed by atoms with Crippen LogP contribution in [0.15, 0.2) is 29.3 Å². The molecule has 0 unspecified atom stereocenters. The summed E-state index contributed by atoms with van der Waals surface area (Å²) in [6.45, 7) is 5.86. The molecule has 1 fully saturated rings. The first-order valence-corrected chi connectivity index (χ1v) is 8.38. The van der Waals surface area contributed by atoms with Crippen molar-refractivity contribution in [1.29, 1.82) is 0 Å². The molecule has 0 aliphatic heterocycles. The molecule has 2 rings (SSSR count). The molecule has 23 heavy (non-hydrogen) atoms. The van der Waals surface area contributed by atoms with E-state index in [1.54, 1.807) is 7.05 Å². The van der Waals surface area contributed by atoms with Gasteiger partial charge in [-0.2, -0.15) is 0 Å². The predicted molar refractivity (Wildman–Crippen MR) is 94.2 cm³/mol. The van der Waals surface area contributed by atoms with Gasteiger partial charge in [0.05, 0.1) is 13.2 Å². The number of guanidine groups is 1. The molecule has 1 N–H and O–H groups in total. The van der Waals surface area contributed by atoms with Crippen LogP contribution in [0.25, 0.3) is 0 Å². The van der Waals surface area contributed by atoms with Gasteiger partial charge in [-0.25, -0.2) is 0 Å². The van der Waals surface area contributed by atoms with Gasteiger partial charge in [-0.15, -0.1) is 0 Å². The summed E-state index contributed by atoms with van der Waals surface area (Å²) < 4.78 is 11.5. The van der Waals surface area contributed by atoms with Crippen molar-refractivity contribution in [1.82, 2.24) is 10.2 Å². The topological polar surface area (TPSA) is 46.1 Å². The summed E-state index contributed by atoms with van der Waals surface area (Å²) in [5, 5.41) is 3.32. The molecule has 0 heterocycles. The molecule has 0 spiro atoms. The minimum Gasteiger partial charge on any atom is -0.491 e. The van der Waals surface area contributed by atoms with Gasteiger partial charge in [0, 0.05) is 27.2 Å². The molecule has 0 atom stereocenters. The summed E-state index contributed by atoms with van der Waals surface area (Å²) in [4.78, 5) is 6.38. The summed E-state index contributed by atoms with van der Waals surface area (Å²) in [5.41, 5.74) is 1.15. The molecule has 0 saturated heterocycles. The number of likely N-dealkylation sites (N-methyl/N-ethyl adjacent to an activating group) is 1. The molecule has 5 nitrogen and oxygen atoms in total. The smallest absolute Gasteiger partial charge is 0.193 e. The second kappa shape index (κ2) is 9.40. The Morgan fingerprint density at radius 2 is 2.09 bits per heavy atom. The minimum atomic E-state index is 0.607. The van der Waals surface area contributed by atoms with E-state index >= 15 is 0 Å². The molecule has 1 aliphatic carbocycles. The fourth-order valence-corrected chi connectivity index (χ4v) is 2.27. The molecule has 1 saturated carbocycles. The van der Waals surface area contributed by atoms with E-state index in [9.17, 15) is 0 Å². The van der Waals surface area contributed by atoms with E-state index in [0.29, 0.717) is 13.2 Å². The van der Waals surface area contributed by atoms with Crippen molar-refractivity contribution in [3.8, 4) is 5.75 Å². The van der Waals surface area contributed by atoms with Gasteiger partial charge in [-0.1, -0.05) is 18.2 Å². The van der Waals surface area contributed by atoms with E-state index in [4.69, 9.17) is 9.47 Å². The Bertz CT molecular complexity index is 501. The number of aryl methyl sites for hydroxylation is 1. The Balaban J connectivity index is 1.60. The van der Waals surface area contributed by atoms with Crippen molar-refractivity contribution in [3.05, 3.63) is 29.8 Å². The van der Waals surface area contributed by atoms with Gasteiger partial charge in [-0.05, 0) is 37.3 Å². The van der Waals surface area contributed by atoms with Gasteiger partial charge in [0.2, 0.25) is 0 Å². The van der Waals surface area contributed by atoms with Crippen LogP contribution in [-0.4, -0.2) is 57.9 Å². The highest BCUT2D eigenvalue weighted by atomic mass is 16.5. The van der Waals surface area contributed by atoms with Crippen LogP contribution in [0.1, 0.15) is 18.4 Å². The highest BCUT2D eigenvalue weighted by Gasteiger charge is 2.21. The van der Waals surface area contributed by atoms with Crippen LogP contribution < -0.4 is 10.1 Å². The molecule has 0 bridgehead atoms. The van der Waals surface area contributed by atoms with E-state index in [-0.39, 0.29) is 0 Å². The number of benzene rings is 1. The maximum atomic E-state index is 5.78. The number of aliphatic imine (C=N–C) groups is 1. The lowest BCUT2D eigenvalue weighted by molar-refractivity contribution is 0.115. The predicted octanol–water partition coefficient (Wildman–Crippen LogP) is 2.31. The Labute approximate surface area is 139 Å². The summed E-state index contributed by atoms with van der Waals surface area (Å²) in [7, 11) is 3.82. The first kappa shape index (κ1) is 17.6. The average Bonchev–Trinajstić information content (AvgIpc) is 3.37. The van der Waals surface area contributed by atoms with Crippen molar-refractivity contribution in [2.75, 3.05) is 47.0 Å². The maximum Gasteiger partial charge on any atom is 0.193 e. The van der Waals surface area contributed by atoms with Crippen LogP contribution in [-0.2, 0) is 4.74 Å². The van der Waals surface area contributed by atoms with Crippen LogP contribution in [0.2, 0.25) is 0 Å².